The molecule has 0 heterocycles. The van der Waals surface area contributed by atoms with Gasteiger partial charge in [-0.05, 0) is 52.2 Å². The van der Waals surface area contributed by atoms with Crippen LogP contribution in [0.25, 0.3) is 6.08 Å². The van der Waals surface area contributed by atoms with Crippen molar-refractivity contribution in [3.8, 4) is 11.5 Å². The SMILES string of the molecule is CCO/N=C(/C(=O)O)c1ccccc1COc1c(OC)ccc(C=C(Cl)Cl)c1Br. The minimum Gasteiger partial charge on any atom is -0.493 e. The van der Waals surface area contributed by atoms with Crippen LogP contribution in [0.5, 0.6) is 11.5 Å². The van der Waals surface area contributed by atoms with E-state index in [0.717, 1.165) is 0 Å². The number of methoxy groups -OCH3 is 1. The zero-order valence-electron chi connectivity index (χ0n) is 15.6. The summed E-state index contributed by atoms with van der Waals surface area (Å²) in [5.74, 6) is -0.295. The Balaban J connectivity index is 2.40. The zero-order valence-corrected chi connectivity index (χ0v) is 18.7. The number of carboxylic acid groups (broad SMARTS) is 1. The highest BCUT2D eigenvalue weighted by molar-refractivity contribution is 9.10. The number of halogens is 3. The summed E-state index contributed by atoms with van der Waals surface area (Å²) in [5, 5.41) is 13.2. The van der Waals surface area contributed by atoms with Gasteiger partial charge in [-0.3, -0.25) is 0 Å². The highest BCUT2D eigenvalue weighted by atomic mass is 79.9. The molecule has 29 heavy (non-hydrogen) atoms. The van der Waals surface area contributed by atoms with Gasteiger partial charge < -0.3 is 19.4 Å². The molecule has 0 aliphatic rings. The van der Waals surface area contributed by atoms with E-state index in [9.17, 15) is 9.90 Å². The fraction of sp³-hybridized carbons (Fsp3) is 0.200. The van der Waals surface area contributed by atoms with E-state index in [2.05, 4.69) is 21.1 Å². The third-order valence-corrected chi connectivity index (χ3v) is 4.74. The maximum atomic E-state index is 11.6. The number of aliphatic carboxylic acids is 1. The van der Waals surface area contributed by atoms with Crippen LogP contribution in [0.3, 0.4) is 0 Å². The van der Waals surface area contributed by atoms with E-state index in [-0.39, 0.29) is 23.4 Å². The molecule has 0 unspecified atom stereocenters. The number of nitrogens with zero attached hydrogens (tertiary/aromatic N) is 1. The lowest BCUT2D eigenvalue weighted by Crippen LogP contribution is -2.18. The lowest BCUT2D eigenvalue weighted by Gasteiger charge is -2.16. The second kappa shape index (κ2) is 11.1. The van der Waals surface area contributed by atoms with Gasteiger partial charge in [0.2, 0.25) is 0 Å². The molecule has 0 aliphatic carbocycles. The van der Waals surface area contributed by atoms with Crippen LogP contribution < -0.4 is 9.47 Å². The van der Waals surface area contributed by atoms with Crippen molar-refractivity contribution in [3.05, 3.63) is 62.1 Å². The Morgan fingerprint density at radius 3 is 2.59 bits per heavy atom. The summed E-state index contributed by atoms with van der Waals surface area (Å²) in [5.41, 5.74) is 1.49. The van der Waals surface area contributed by atoms with E-state index in [4.69, 9.17) is 37.5 Å². The molecular formula is C20H18BrCl2NO5. The summed E-state index contributed by atoms with van der Waals surface area (Å²) in [6.45, 7) is 2.03. The molecule has 0 saturated heterocycles. The second-order valence-corrected chi connectivity index (χ2v) is 7.34. The van der Waals surface area contributed by atoms with Gasteiger partial charge in [0.1, 0.15) is 17.7 Å². The van der Waals surface area contributed by atoms with Crippen LogP contribution in [0.1, 0.15) is 23.6 Å². The summed E-state index contributed by atoms with van der Waals surface area (Å²) in [7, 11) is 1.52. The normalized spacial score (nSPS) is 11.0. The first-order valence-corrected chi connectivity index (χ1v) is 9.97. The van der Waals surface area contributed by atoms with Crippen LogP contribution in [0, 0.1) is 0 Å². The number of rotatable bonds is 9. The number of carbonyl (C=O) groups is 1. The molecule has 9 heteroatoms. The maximum absolute atomic E-state index is 11.6. The summed E-state index contributed by atoms with van der Waals surface area (Å²) in [6, 6.07) is 10.4. The molecule has 0 radical (unpaired) electrons. The Hall–Kier alpha value is -2.22. The minimum atomic E-state index is -1.20. The van der Waals surface area contributed by atoms with Crippen molar-refractivity contribution in [3.63, 3.8) is 0 Å². The lowest BCUT2D eigenvalue weighted by atomic mass is 10.0. The molecule has 2 aromatic rings. The number of hydrogen-bond donors (Lipinski definition) is 1. The monoisotopic (exact) mass is 501 g/mol. The largest absolute Gasteiger partial charge is 0.493 e. The Morgan fingerprint density at radius 1 is 1.24 bits per heavy atom. The van der Waals surface area contributed by atoms with E-state index in [1.54, 1.807) is 49.4 Å². The molecule has 1 N–H and O–H groups in total. The highest BCUT2D eigenvalue weighted by Crippen LogP contribution is 2.39. The molecule has 0 aliphatic heterocycles. The van der Waals surface area contributed by atoms with E-state index in [0.29, 0.717) is 32.7 Å². The van der Waals surface area contributed by atoms with Crippen molar-refractivity contribution in [2.45, 2.75) is 13.5 Å². The summed E-state index contributed by atoms with van der Waals surface area (Å²) >= 11 is 15.0. The van der Waals surface area contributed by atoms with Crippen LogP contribution >= 0.6 is 39.1 Å². The van der Waals surface area contributed by atoms with Gasteiger partial charge in [0, 0.05) is 5.56 Å². The topological polar surface area (TPSA) is 77.4 Å². The van der Waals surface area contributed by atoms with Crippen molar-refractivity contribution in [2.24, 2.45) is 5.16 Å². The average molecular weight is 503 g/mol. The lowest BCUT2D eigenvalue weighted by molar-refractivity contribution is -0.129. The number of benzene rings is 2. The van der Waals surface area contributed by atoms with E-state index in [1.807, 2.05) is 0 Å². The number of oxime groups is 1. The van der Waals surface area contributed by atoms with Crippen LogP contribution in [0.2, 0.25) is 0 Å². The molecule has 0 amide bonds. The number of ether oxygens (including phenoxy) is 2. The first-order chi connectivity index (χ1) is 13.9. The molecule has 2 rings (SSSR count). The maximum Gasteiger partial charge on any atom is 0.358 e. The minimum absolute atomic E-state index is 0.0608. The summed E-state index contributed by atoms with van der Waals surface area (Å²) in [4.78, 5) is 16.6. The smallest absolute Gasteiger partial charge is 0.358 e. The predicted octanol–water partition coefficient (Wildman–Crippen LogP) is 5.64. The van der Waals surface area contributed by atoms with Gasteiger partial charge in [-0.15, -0.1) is 0 Å². The predicted molar refractivity (Wildman–Crippen MR) is 117 cm³/mol. The average Bonchev–Trinajstić information content (AvgIpc) is 2.69. The third-order valence-electron chi connectivity index (χ3n) is 3.71. The molecule has 0 saturated carbocycles. The third kappa shape index (κ3) is 6.13. The fourth-order valence-corrected chi connectivity index (χ4v) is 3.23. The molecule has 0 atom stereocenters. The molecule has 0 fully saturated rings. The number of hydrogen-bond acceptors (Lipinski definition) is 5. The summed E-state index contributed by atoms with van der Waals surface area (Å²) in [6.07, 6.45) is 1.56. The van der Waals surface area contributed by atoms with E-state index < -0.39 is 5.97 Å². The van der Waals surface area contributed by atoms with Gasteiger partial charge in [0.25, 0.3) is 0 Å². The van der Waals surface area contributed by atoms with Crippen molar-refractivity contribution in [1.29, 1.82) is 0 Å². The fourth-order valence-electron chi connectivity index (χ4n) is 2.44. The Morgan fingerprint density at radius 2 is 1.97 bits per heavy atom. The van der Waals surface area contributed by atoms with Gasteiger partial charge >= 0.3 is 5.97 Å². The molecule has 154 valence electrons. The Bertz CT molecular complexity index is 942. The number of carboxylic acids is 1. The first kappa shape index (κ1) is 23.1. The first-order valence-electron chi connectivity index (χ1n) is 8.42. The quantitative estimate of drug-likeness (QED) is 0.354. The van der Waals surface area contributed by atoms with Gasteiger partial charge in [0.15, 0.2) is 17.2 Å². The zero-order chi connectivity index (χ0) is 21.4. The summed E-state index contributed by atoms with van der Waals surface area (Å²) < 4.78 is 12.0. The Labute approximate surface area is 186 Å². The van der Waals surface area contributed by atoms with Crippen LogP contribution in [0.15, 0.2) is 50.5 Å². The van der Waals surface area contributed by atoms with Crippen molar-refractivity contribution < 1.29 is 24.2 Å². The van der Waals surface area contributed by atoms with Crippen molar-refractivity contribution >= 4 is 56.9 Å². The van der Waals surface area contributed by atoms with Crippen molar-refractivity contribution in [2.75, 3.05) is 13.7 Å². The van der Waals surface area contributed by atoms with Crippen LogP contribution in [0.4, 0.5) is 0 Å². The van der Waals surface area contributed by atoms with E-state index in [1.165, 1.54) is 7.11 Å². The molecule has 0 spiro atoms. The standard InChI is InChI=1S/C20H18BrCl2NO5/c1-3-29-24-18(20(25)26)14-7-5-4-6-13(14)11-28-19-15(27-2)9-8-12(17(19)21)10-16(22)23/h4-10H,3,11H2,1-2H3,(H,25,26)/b24-18+. The molecule has 0 aromatic heterocycles. The van der Waals surface area contributed by atoms with Crippen LogP contribution in [-0.4, -0.2) is 30.5 Å². The van der Waals surface area contributed by atoms with Gasteiger partial charge in [-0.2, -0.15) is 0 Å². The molecule has 0 bridgehead atoms. The molecule has 2 aromatic carbocycles. The van der Waals surface area contributed by atoms with Crippen LogP contribution in [-0.2, 0) is 16.2 Å². The second-order valence-electron chi connectivity index (χ2n) is 5.54. The van der Waals surface area contributed by atoms with Crippen molar-refractivity contribution in [1.82, 2.24) is 0 Å². The van der Waals surface area contributed by atoms with Gasteiger partial charge in [-0.1, -0.05) is 52.6 Å². The van der Waals surface area contributed by atoms with Gasteiger partial charge in [-0.25, -0.2) is 4.79 Å². The molecule has 6 nitrogen and oxygen atoms in total. The molecular weight excluding hydrogens is 485 g/mol. The highest BCUT2D eigenvalue weighted by Gasteiger charge is 2.19. The van der Waals surface area contributed by atoms with E-state index >= 15 is 0 Å². The van der Waals surface area contributed by atoms with Gasteiger partial charge in [0.05, 0.1) is 11.6 Å². The Kier molecular flexibility index (Phi) is 8.82.